The molecule has 0 saturated heterocycles. The first-order chi connectivity index (χ1) is 7.20. The average molecular weight is 214 g/mol. The molecule has 1 aliphatic carbocycles. The minimum Gasteiger partial charge on any atom is -0.466 e. The van der Waals surface area contributed by atoms with Crippen LogP contribution in [-0.2, 0) is 14.3 Å². The Hall–Kier alpha value is -0.570. The zero-order chi connectivity index (χ0) is 11.3. The van der Waals surface area contributed by atoms with Gasteiger partial charge in [0.2, 0.25) is 0 Å². The summed E-state index contributed by atoms with van der Waals surface area (Å²) in [6.07, 6.45) is 4.93. The quantitative estimate of drug-likeness (QED) is 0.659. The number of hydrogen-bond acceptors (Lipinski definition) is 3. The van der Waals surface area contributed by atoms with Crippen LogP contribution in [0.1, 0.15) is 39.5 Å². The molecule has 0 aromatic rings. The van der Waals surface area contributed by atoms with Crippen molar-refractivity contribution in [1.29, 1.82) is 0 Å². The Kier molecular flexibility index (Phi) is 5.09. The van der Waals surface area contributed by atoms with Crippen LogP contribution >= 0.6 is 0 Å². The van der Waals surface area contributed by atoms with Gasteiger partial charge in [-0.05, 0) is 32.6 Å². The van der Waals surface area contributed by atoms with Gasteiger partial charge in [-0.2, -0.15) is 0 Å². The van der Waals surface area contributed by atoms with Crippen LogP contribution in [0.3, 0.4) is 0 Å². The molecule has 15 heavy (non-hydrogen) atoms. The van der Waals surface area contributed by atoms with Crippen molar-refractivity contribution in [3.63, 3.8) is 0 Å². The first-order valence-electron chi connectivity index (χ1n) is 5.90. The predicted octanol–water partition coefficient (Wildman–Crippen LogP) is 2.39. The number of rotatable bonds is 5. The van der Waals surface area contributed by atoms with Gasteiger partial charge >= 0.3 is 5.97 Å². The Labute approximate surface area is 92.1 Å². The zero-order valence-electron chi connectivity index (χ0n) is 9.99. The standard InChI is InChI=1S/C12H22O3/c1-4-15-12(13)9(2)11(14-3)10-7-5-6-8-10/h9-11H,4-8H2,1-3H3/t9-,11-/m1/s1. The second-order valence-electron chi connectivity index (χ2n) is 4.29. The van der Waals surface area contributed by atoms with E-state index >= 15 is 0 Å². The Bertz CT molecular complexity index is 197. The van der Waals surface area contributed by atoms with Gasteiger partial charge in [-0.3, -0.25) is 4.79 Å². The van der Waals surface area contributed by atoms with Crippen molar-refractivity contribution >= 4 is 5.97 Å². The predicted molar refractivity (Wildman–Crippen MR) is 58.6 cm³/mol. The van der Waals surface area contributed by atoms with Crippen molar-refractivity contribution in [1.82, 2.24) is 0 Å². The molecule has 1 aliphatic rings. The third-order valence-electron chi connectivity index (χ3n) is 3.29. The van der Waals surface area contributed by atoms with Crippen molar-refractivity contribution in [2.75, 3.05) is 13.7 Å². The molecule has 0 heterocycles. The maximum absolute atomic E-state index is 11.6. The molecule has 0 bridgehead atoms. The summed E-state index contributed by atoms with van der Waals surface area (Å²) in [5.74, 6) is 0.267. The number of carbonyl (C=O) groups excluding carboxylic acids is 1. The van der Waals surface area contributed by atoms with E-state index in [1.807, 2.05) is 13.8 Å². The fourth-order valence-electron chi connectivity index (χ4n) is 2.50. The number of methoxy groups -OCH3 is 1. The fourth-order valence-corrected chi connectivity index (χ4v) is 2.50. The van der Waals surface area contributed by atoms with Crippen molar-refractivity contribution in [3.8, 4) is 0 Å². The van der Waals surface area contributed by atoms with Crippen molar-refractivity contribution in [3.05, 3.63) is 0 Å². The van der Waals surface area contributed by atoms with Gasteiger partial charge in [-0.1, -0.05) is 12.8 Å². The third kappa shape index (κ3) is 3.20. The molecule has 0 aromatic carbocycles. The number of carbonyl (C=O) groups is 1. The maximum atomic E-state index is 11.6. The molecule has 0 N–H and O–H groups in total. The molecule has 3 nitrogen and oxygen atoms in total. The van der Waals surface area contributed by atoms with Crippen LogP contribution < -0.4 is 0 Å². The van der Waals surface area contributed by atoms with E-state index in [4.69, 9.17) is 9.47 Å². The highest BCUT2D eigenvalue weighted by Crippen LogP contribution is 2.32. The van der Waals surface area contributed by atoms with E-state index in [9.17, 15) is 4.79 Å². The second-order valence-corrected chi connectivity index (χ2v) is 4.29. The Balaban J connectivity index is 2.52. The van der Waals surface area contributed by atoms with Crippen molar-refractivity contribution < 1.29 is 14.3 Å². The fraction of sp³-hybridized carbons (Fsp3) is 0.917. The summed E-state index contributed by atoms with van der Waals surface area (Å²) in [5, 5.41) is 0. The molecule has 1 saturated carbocycles. The van der Waals surface area contributed by atoms with Gasteiger partial charge in [0.05, 0.1) is 18.6 Å². The highest BCUT2D eigenvalue weighted by Gasteiger charge is 2.33. The number of hydrogen-bond donors (Lipinski definition) is 0. The van der Waals surface area contributed by atoms with Crippen LogP contribution in [0.25, 0.3) is 0 Å². The summed E-state index contributed by atoms with van der Waals surface area (Å²) in [5.41, 5.74) is 0. The van der Waals surface area contributed by atoms with Gasteiger partial charge in [0, 0.05) is 7.11 Å². The SMILES string of the molecule is CCOC(=O)[C@H](C)[C@@H](OC)C1CCCC1. The minimum absolute atomic E-state index is 0.0338. The van der Waals surface area contributed by atoms with Gasteiger partial charge in [-0.15, -0.1) is 0 Å². The topological polar surface area (TPSA) is 35.5 Å². The van der Waals surface area contributed by atoms with E-state index < -0.39 is 0 Å². The summed E-state index contributed by atoms with van der Waals surface area (Å²) in [6.45, 7) is 4.19. The van der Waals surface area contributed by atoms with E-state index in [0.717, 1.165) is 0 Å². The molecule has 88 valence electrons. The summed E-state index contributed by atoms with van der Waals surface area (Å²) < 4.78 is 10.5. The van der Waals surface area contributed by atoms with Crippen LogP contribution in [0.4, 0.5) is 0 Å². The van der Waals surface area contributed by atoms with Crippen LogP contribution in [0.2, 0.25) is 0 Å². The molecule has 0 radical (unpaired) electrons. The van der Waals surface area contributed by atoms with Crippen molar-refractivity contribution in [2.24, 2.45) is 11.8 Å². The molecule has 0 aliphatic heterocycles. The molecule has 0 amide bonds. The molecule has 2 atom stereocenters. The third-order valence-corrected chi connectivity index (χ3v) is 3.29. The summed E-state index contributed by atoms with van der Waals surface area (Å²) >= 11 is 0. The van der Waals surface area contributed by atoms with Gasteiger partial charge in [0.15, 0.2) is 0 Å². The highest BCUT2D eigenvalue weighted by atomic mass is 16.5. The van der Waals surface area contributed by atoms with E-state index in [-0.39, 0.29) is 18.0 Å². The number of ether oxygens (including phenoxy) is 2. The Morgan fingerprint density at radius 1 is 1.40 bits per heavy atom. The van der Waals surface area contributed by atoms with Crippen LogP contribution in [0.5, 0.6) is 0 Å². The van der Waals surface area contributed by atoms with Gasteiger partial charge in [-0.25, -0.2) is 0 Å². The zero-order valence-corrected chi connectivity index (χ0v) is 9.99. The Morgan fingerprint density at radius 3 is 2.47 bits per heavy atom. The lowest BCUT2D eigenvalue weighted by molar-refractivity contribution is -0.153. The summed E-state index contributed by atoms with van der Waals surface area (Å²) in [6, 6.07) is 0. The lowest BCUT2D eigenvalue weighted by atomic mass is 9.90. The molecule has 1 fully saturated rings. The van der Waals surface area contributed by atoms with Crippen LogP contribution in [0, 0.1) is 11.8 Å². The lowest BCUT2D eigenvalue weighted by Gasteiger charge is -2.26. The lowest BCUT2D eigenvalue weighted by Crippen LogP contribution is -2.34. The molecule has 1 rings (SSSR count). The largest absolute Gasteiger partial charge is 0.466 e. The summed E-state index contributed by atoms with van der Waals surface area (Å²) in [7, 11) is 1.69. The van der Waals surface area contributed by atoms with Gasteiger partial charge in [0.1, 0.15) is 0 Å². The minimum atomic E-state index is -0.141. The van der Waals surface area contributed by atoms with E-state index in [1.54, 1.807) is 7.11 Å². The molecule has 3 heteroatoms. The van der Waals surface area contributed by atoms with Crippen LogP contribution in [0.15, 0.2) is 0 Å². The average Bonchev–Trinajstić information content (AvgIpc) is 2.72. The monoisotopic (exact) mass is 214 g/mol. The summed E-state index contributed by atoms with van der Waals surface area (Å²) in [4.78, 5) is 11.6. The second kappa shape index (κ2) is 6.11. The molecule has 0 spiro atoms. The van der Waals surface area contributed by atoms with E-state index in [2.05, 4.69) is 0 Å². The highest BCUT2D eigenvalue weighted by molar-refractivity contribution is 5.72. The van der Waals surface area contributed by atoms with Gasteiger partial charge in [0.25, 0.3) is 0 Å². The normalized spacial score (nSPS) is 21.3. The smallest absolute Gasteiger partial charge is 0.311 e. The first-order valence-corrected chi connectivity index (χ1v) is 5.90. The van der Waals surface area contributed by atoms with Crippen molar-refractivity contribution in [2.45, 2.75) is 45.6 Å². The van der Waals surface area contributed by atoms with Gasteiger partial charge < -0.3 is 9.47 Å². The first kappa shape index (κ1) is 12.5. The van der Waals surface area contributed by atoms with E-state index in [1.165, 1.54) is 25.7 Å². The van der Waals surface area contributed by atoms with E-state index in [0.29, 0.717) is 12.5 Å². The maximum Gasteiger partial charge on any atom is 0.311 e. The number of esters is 1. The molecular weight excluding hydrogens is 192 g/mol. The molecule has 0 unspecified atom stereocenters. The molecule has 0 aromatic heterocycles. The Morgan fingerprint density at radius 2 is 2.00 bits per heavy atom. The van der Waals surface area contributed by atoms with Crippen LogP contribution in [-0.4, -0.2) is 25.8 Å². The molecular formula is C12H22O3.